The fourth-order valence-electron chi connectivity index (χ4n) is 1.23. The van der Waals surface area contributed by atoms with Gasteiger partial charge in [-0.25, -0.2) is 17.9 Å². The molecule has 1 unspecified atom stereocenters. The lowest BCUT2D eigenvalue weighted by Gasteiger charge is -2.18. The van der Waals surface area contributed by atoms with E-state index < -0.39 is 44.8 Å². The molecule has 1 atom stereocenters. The number of benzene rings is 1. The second-order valence-electron chi connectivity index (χ2n) is 4.43. The Kier molecular flexibility index (Phi) is 4.66. The summed E-state index contributed by atoms with van der Waals surface area (Å²) < 4.78 is 62.9. The highest BCUT2D eigenvalue weighted by molar-refractivity contribution is 7.89. The first kappa shape index (κ1) is 17.4. The standard InChI is InChI=1S/C11H12F3NO5S/c1-10(18,9(16)17)6-15-21(19,20)8-4-2-3-7(5-8)11(12,13)14/h2-5,15,18H,6H2,1H3,(H,16,17). The van der Waals surface area contributed by atoms with E-state index in [1.807, 2.05) is 0 Å². The quantitative estimate of drug-likeness (QED) is 0.743. The molecule has 0 bridgehead atoms. The molecule has 0 aliphatic rings. The van der Waals surface area contributed by atoms with Crippen LogP contribution in [-0.2, 0) is 21.0 Å². The highest BCUT2D eigenvalue weighted by Crippen LogP contribution is 2.30. The van der Waals surface area contributed by atoms with Gasteiger partial charge in [-0.15, -0.1) is 0 Å². The zero-order valence-electron chi connectivity index (χ0n) is 10.7. The van der Waals surface area contributed by atoms with Crippen LogP contribution in [0.5, 0.6) is 0 Å². The molecule has 21 heavy (non-hydrogen) atoms. The Hall–Kier alpha value is -1.65. The maximum absolute atomic E-state index is 12.5. The Morgan fingerprint density at radius 2 is 1.90 bits per heavy atom. The molecular formula is C11H12F3NO5S. The lowest BCUT2D eigenvalue weighted by Crippen LogP contribution is -2.46. The third-order valence-corrected chi connectivity index (χ3v) is 3.94. The molecule has 10 heteroatoms. The summed E-state index contributed by atoms with van der Waals surface area (Å²) in [6.07, 6.45) is -4.71. The number of rotatable bonds is 5. The third-order valence-electron chi connectivity index (χ3n) is 2.54. The molecule has 0 saturated heterocycles. The van der Waals surface area contributed by atoms with Crippen LogP contribution in [0.1, 0.15) is 12.5 Å². The van der Waals surface area contributed by atoms with Crippen molar-refractivity contribution >= 4 is 16.0 Å². The van der Waals surface area contributed by atoms with Crippen LogP contribution in [0.25, 0.3) is 0 Å². The number of hydrogen-bond donors (Lipinski definition) is 3. The molecule has 6 nitrogen and oxygen atoms in total. The highest BCUT2D eigenvalue weighted by atomic mass is 32.2. The number of carboxylic acids is 1. The SMILES string of the molecule is CC(O)(CNS(=O)(=O)c1cccc(C(F)(F)F)c1)C(=O)O. The number of aliphatic carboxylic acids is 1. The van der Waals surface area contributed by atoms with Crippen molar-refractivity contribution in [1.82, 2.24) is 4.72 Å². The number of sulfonamides is 1. The van der Waals surface area contributed by atoms with Gasteiger partial charge in [-0.2, -0.15) is 13.2 Å². The summed E-state index contributed by atoms with van der Waals surface area (Å²) in [6.45, 7) is -0.0368. The molecule has 1 aromatic carbocycles. The molecule has 118 valence electrons. The number of carbonyl (C=O) groups is 1. The Morgan fingerprint density at radius 1 is 1.33 bits per heavy atom. The molecule has 0 spiro atoms. The van der Waals surface area contributed by atoms with Crippen LogP contribution in [0.4, 0.5) is 13.2 Å². The maximum Gasteiger partial charge on any atom is 0.416 e. The van der Waals surface area contributed by atoms with Gasteiger partial charge in [0, 0.05) is 0 Å². The Balaban J connectivity index is 3.02. The van der Waals surface area contributed by atoms with Crippen LogP contribution < -0.4 is 4.72 Å². The molecule has 0 aliphatic heterocycles. The van der Waals surface area contributed by atoms with Gasteiger partial charge in [-0.1, -0.05) is 6.07 Å². The summed E-state index contributed by atoms with van der Waals surface area (Å²) >= 11 is 0. The average Bonchev–Trinajstić information content (AvgIpc) is 2.36. The van der Waals surface area contributed by atoms with Gasteiger partial charge in [0.15, 0.2) is 5.60 Å². The van der Waals surface area contributed by atoms with E-state index in [9.17, 15) is 31.5 Å². The number of aliphatic hydroxyl groups is 1. The largest absolute Gasteiger partial charge is 0.479 e. The first-order valence-electron chi connectivity index (χ1n) is 5.49. The van der Waals surface area contributed by atoms with Gasteiger partial charge in [0.25, 0.3) is 0 Å². The molecule has 0 radical (unpaired) electrons. The summed E-state index contributed by atoms with van der Waals surface area (Å²) in [5.74, 6) is -1.67. The molecule has 1 rings (SSSR count). The Bertz CT molecular complexity index is 640. The monoisotopic (exact) mass is 327 g/mol. The normalized spacial score (nSPS) is 15.5. The van der Waals surface area contributed by atoms with Crippen LogP contribution in [0, 0.1) is 0 Å². The zero-order valence-corrected chi connectivity index (χ0v) is 11.5. The van der Waals surface area contributed by atoms with Crippen molar-refractivity contribution in [3.8, 4) is 0 Å². The summed E-state index contributed by atoms with van der Waals surface area (Å²) in [5, 5.41) is 18.0. The van der Waals surface area contributed by atoms with Gasteiger partial charge >= 0.3 is 12.1 Å². The summed E-state index contributed by atoms with van der Waals surface area (Å²) in [5.41, 5.74) is -3.54. The molecule has 0 heterocycles. The molecule has 1 aromatic rings. The number of halogens is 3. The van der Waals surface area contributed by atoms with E-state index >= 15 is 0 Å². The van der Waals surface area contributed by atoms with Gasteiger partial charge in [-0.05, 0) is 25.1 Å². The predicted molar refractivity (Wildman–Crippen MR) is 64.9 cm³/mol. The molecule has 3 N–H and O–H groups in total. The number of alkyl halides is 3. The van der Waals surface area contributed by atoms with Crippen molar-refractivity contribution in [3.63, 3.8) is 0 Å². The van der Waals surface area contributed by atoms with Crippen LogP contribution >= 0.6 is 0 Å². The summed E-state index contributed by atoms with van der Waals surface area (Å²) in [4.78, 5) is 9.94. The Labute approximate surface area is 118 Å². The van der Waals surface area contributed by atoms with Crippen molar-refractivity contribution in [3.05, 3.63) is 29.8 Å². The van der Waals surface area contributed by atoms with E-state index in [4.69, 9.17) is 5.11 Å². The third kappa shape index (κ3) is 4.41. The average molecular weight is 327 g/mol. The second kappa shape index (κ2) is 5.62. The van der Waals surface area contributed by atoms with Crippen molar-refractivity contribution in [2.45, 2.75) is 23.6 Å². The highest BCUT2D eigenvalue weighted by Gasteiger charge is 2.34. The zero-order chi connectivity index (χ0) is 16.5. The fraction of sp³-hybridized carbons (Fsp3) is 0.364. The van der Waals surface area contributed by atoms with E-state index in [0.29, 0.717) is 12.1 Å². The van der Waals surface area contributed by atoms with Gasteiger partial charge in [0.2, 0.25) is 10.0 Å². The summed E-state index contributed by atoms with van der Waals surface area (Å²) in [7, 11) is -4.38. The van der Waals surface area contributed by atoms with Crippen molar-refractivity contribution in [2.24, 2.45) is 0 Å². The maximum atomic E-state index is 12.5. The van der Waals surface area contributed by atoms with Crippen molar-refractivity contribution in [2.75, 3.05) is 6.54 Å². The van der Waals surface area contributed by atoms with Crippen molar-refractivity contribution in [1.29, 1.82) is 0 Å². The minimum absolute atomic E-state index is 0.414. The van der Waals surface area contributed by atoms with Crippen LogP contribution in [0.3, 0.4) is 0 Å². The van der Waals surface area contributed by atoms with Crippen LogP contribution in [-0.4, -0.2) is 36.7 Å². The van der Waals surface area contributed by atoms with Crippen LogP contribution in [0.2, 0.25) is 0 Å². The van der Waals surface area contributed by atoms with Gasteiger partial charge in [-0.3, -0.25) is 0 Å². The molecule has 0 fully saturated rings. The first-order chi connectivity index (χ1) is 9.36. The Morgan fingerprint density at radius 3 is 2.38 bits per heavy atom. The van der Waals surface area contributed by atoms with E-state index in [-0.39, 0.29) is 0 Å². The lowest BCUT2D eigenvalue weighted by atomic mass is 10.1. The number of nitrogens with one attached hydrogen (secondary N) is 1. The van der Waals surface area contributed by atoms with E-state index in [1.54, 1.807) is 4.72 Å². The fourth-order valence-corrected chi connectivity index (χ4v) is 2.41. The molecule has 0 aromatic heterocycles. The number of carboxylic acid groups (broad SMARTS) is 1. The molecule has 0 saturated carbocycles. The van der Waals surface area contributed by atoms with Gasteiger partial charge in [0.1, 0.15) is 0 Å². The van der Waals surface area contributed by atoms with Gasteiger partial charge in [0.05, 0.1) is 17.0 Å². The minimum atomic E-state index is -4.71. The minimum Gasteiger partial charge on any atom is -0.479 e. The number of hydrogen-bond acceptors (Lipinski definition) is 4. The topological polar surface area (TPSA) is 104 Å². The first-order valence-corrected chi connectivity index (χ1v) is 6.97. The molecule has 0 aliphatic carbocycles. The van der Waals surface area contributed by atoms with E-state index in [2.05, 4.69) is 0 Å². The van der Waals surface area contributed by atoms with E-state index in [1.165, 1.54) is 0 Å². The second-order valence-corrected chi connectivity index (χ2v) is 6.20. The summed E-state index contributed by atoms with van der Waals surface area (Å²) in [6, 6.07) is 2.95. The lowest BCUT2D eigenvalue weighted by molar-refractivity contribution is -0.155. The molecule has 0 amide bonds. The van der Waals surface area contributed by atoms with Crippen LogP contribution in [0.15, 0.2) is 29.2 Å². The molecular weight excluding hydrogens is 315 g/mol. The van der Waals surface area contributed by atoms with Gasteiger partial charge < -0.3 is 10.2 Å². The van der Waals surface area contributed by atoms with Crippen molar-refractivity contribution < 1.29 is 36.6 Å². The smallest absolute Gasteiger partial charge is 0.416 e. The predicted octanol–water partition coefficient (Wildman–Crippen LogP) is 0.819. The van der Waals surface area contributed by atoms with E-state index in [0.717, 1.165) is 19.1 Å².